The Morgan fingerprint density at radius 2 is 1.85 bits per heavy atom. The highest BCUT2D eigenvalue weighted by molar-refractivity contribution is 7.80. The van der Waals surface area contributed by atoms with Crippen LogP contribution in [-0.2, 0) is 22.7 Å². The maximum atomic E-state index is 11.8. The van der Waals surface area contributed by atoms with E-state index in [0.717, 1.165) is 10.8 Å². The van der Waals surface area contributed by atoms with Crippen LogP contribution in [0, 0.1) is 0 Å². The van der Waals surface area contributed by atoms with Crippen LogP contribution in [0.1, 0.15) is 6.23 Å². The summed E-state index contributed by atoms with van der Waals surface area (Å²) in [7, 11) is -10.5. The van der Waals surface area contributed by atoms with Gasteiger partial charge in [0.05, 0.1) is 11.5 Å². The molecule has 14 nitrogen and oxygen atoms in total. The van der Waals surface area contributed by atoms with Crippen LogP contribution in [-0.4, -0.2) is 59.4 Å². The third-order valence-corrected chi connectivity index (χ3v) is 5.64. The molecule has 1 aliphatic heterocycles. The van der Waals surface area contributed by atoms with Gasteiger partial charge in [0.25, 0.3) is 5.56 Å². The second-order valence-corrected chi connectivity index (χ2v) is 8.38. The molecule has 0 bridgehead atoms. The molecule has 1 fully saturated rings. The lowest BCUT2D eigenvalue weighted by Crippen LogP contribution is -2.38. The Labute approximate surface area is 149 Å². The van der Waals surface area contributed by atoms with Crippen LogP contribution in [0.25, 0.3) is 0 Å². The van der Waals surface area contributed by atoms with Crippen molar-refractivity contribution in [2.75, 3.05) is 6.61 Å². The molecule has 0 radical (unpaired) electrons. The van der Waals surface area contributed by atoms with Crippen molar-refractivity contribution in [2.45, 2.75) is 29.4 Å². The molecule has 1 unspecified atom stereocenters. The number of rotatable bonds is 6. The standard InChI is InChI=1S/C9H14N2O12P2S/c12-5-3(2-21-25(19,20)23-24(16,17)18)22-8(6(5)13)11-1-4(26)7(14)10-9(11)15/h1,3,5-6,8,12-13,26H,2H2,(H,19,20)(H,10,14,15)(H2,16,17,18)/t3-,5-,6-,8-/m1/s1. The van der Waals surface area contributed by atoms with Crippen LogP contribution in [0.5, 0.6) is 0 Å². The Kier molecular flexibility index (Phi) is 6.32. The molecule has 1 aromatic heterocycles. The van der Waals surface area contributed by atoms with Crippen molar-refractivity contribution >= 4 is 28.3 Å². The minimum atomic E-state index is -5.33. The Balaban J connectivity index is 2.14. The van der Waals surface area contributed by atoms with Gasteiger partial charge in [-0.3, -0.25) is 18.9 Å². The molecule has 2 rings (SSSR count). The number of aliphatic hydroxyl groups excluding tert-OH is 2. The van der Waals surface area contributed by atoms with Crippen LogP contribution in [0.2, 0.25) is 0 Å². The van der Waals surface area contributed by atoms with E-state index in [1.54, 1.807) is 0 Å². The first kappa shape index (κ1) is 21.5. The van der Waals surface area contributed by atoms with Crippen molar-refractivity contribution in [3.8, 4) is 0 Å². The van der Waals surface area contributed by atoms with E-state index < -0.39 is 58.0 Å². The Bertz CT molecular complexity index is 878. The Morgan fingerprint density at radius 3 is 2.42 bits per heavy atom. The number of ether oxygens (including phenoxy) is 1. The van der Waals surface area contributed by atoms with E-state index in [2.05, 4.69) is 21.5 Å². The van der Waals surface area contributed by atoms with Crippen LogP contribution >= 0.6 is 28.3 Å². The van der Waals surface area contributed by atoms with Gasteiger partial charge in [-0.25, -0.2) is 13.9 Å². The van der Waals surface area contributed by atoms with Crippen LogP contribution in [0.3, 0.4) is 0 Å². The number of thiol groups is 1. The first-order valence-electron chi connectivity index (χ1n) is 6.61. The molecular weight excluding hydrogens is 422 g/mol. The average molecular weight is 436 g/mol. The molecule has 26 heavy (non-hydrogen) atoms. The summed E-state index contributed by atoms with van der Waals surface area (Å²) in [5.41, 5.74) is -1.78. The number of nitrogens with one attached hydrogen (secondary N) is 1. The predicted molar refractivity (Wildman–Crippen MR) is 83.4 cm³/mol. The van der Waals surface area contributed by atoms with Gasteiger partial charge in [0.1, 0.15) is 18.3 Å². The molecule has 17 heteroatoms. The number of nitrogens with zero attached hydrogens (tertiary/aromatic N) is 1. The zero-order valence-corrected chi connectivity index (χ0v) is 15.2. The van der Waals surface area contributed by atoms with E-state index in [1.165, 1.54) is 0 Å². The Hall–Kier alpha value is -0.830. The van der Waals surface area contributed by atoms with Gasteiger partial charge < -0.3 is 29.6 Å². The van der Waals surface area contributed by atoms with Gasteiger partial charge >= 0.3 is 21.3 Å². The number of aliphatic hydroxyl groups is 2. The van der Waals surface area contributed by atoms with Crippen molar-refractivity contribution in [3.63, 3.8) is 0 Å². The first-order valence-corrected chi connectivity index (χ1v) is 10.1. The van der Waals surface area contributed by atoms with Crippen molar-refractivity contribution < 1.29 is 47.6 Å². The third-order valence-electron chi connectivity index (χ3n) is 3.17. The van der Waals surface area contributed by atoms with E-state index in [0.29, 0.717) is 0 Å². The van der Waals surface area contributed by atoms with E-state index in [4.69, 9.17) is 14.5 Å². The summed E-state index contributed by atoms with van der Waals surface area (Å²) in [6.45, 7) is -0.922. The number of phosphoric ester groups is 1. The fourth-order valence-corrected chi connectivity index (χ4v) is 3.87. The maximum absolute atomic E-state index is 11.8. The number of aromatic amines is 1. The van der Waals surface area contributed by atoms with Gasteiger partial charge in [0, 0.05) is 6.20 Å². The molecule has 0 spiro atoms. The summed E-state index contributed by atoms with van der Waals surface area (Å²) >= 11 is 3.81. The van der Waals surface area contributed by atoms with E-state index in [-0.39, 0.29) is 4.90 Å². The van der Waals surface area contributed by atoms with Gasteiger partial charge in [-0.05, 0) is 0 Å². The zero-order valence-electron chi connectivity index (χ0n) is 12.5. The molecule has 1 aliphatic rings. The second-order valence-electron chi connectivity index (χ2n) is 5.06. The number of hydrogen-bond acceptors (Lipinski definition) is 10. The molecule has 2 heterocycles. The first-order chi connectivity index (χ1) is 11.8. The molecule has 1 aromatic rings. The fourth-order valence-electron chi connectivity index (χ4n) is 2.09. The minimum absolute atomic E-state index is 0.190. The minimum Gasteiger partial charge on any atom is -0.387 e. The summed E-state index contributed by atoms with van der Waals surface area (Å²) in [5, 5.41) is 19.9. The number of H-pyrrole nitrogens is 1. The lowest BCUT2D eigenvalue weighted by molar-refractivity contribution is -0.0545. The van der Waals surface area contributed by atoms with Gasteiger partial charge in [-0.15, -0.1) is 12.6 Å². The summed E-state index contributed by atoms with van der Waals surface area (Å²) in [5.74, 6) is 0. The number of aromatic nitrogens is 2. The number of phosphoric acid groups is 2. The summed E-state index contributed by atoms with van der Waals surface area (Å²) in [6, 6.07) is 0. The fraction of sp³-hybridized carbons (Fsp3) is 0.556. The normalized spacial score (nSPS) is 28.8. The lowest BCUT2D eigenvalue weighted by Gasteiger charge is -2.18. The molecule has 6 N–H and O–H groups in total. The maximum Gasteiger partial charge on any atom is 0.481 e. The Morgan fingerprint density at radius 1 is 1.23 bits per heavy atom. The number of hydrogen-bond donors (Lipinski definition) is 7. The summed E-state index contributed by atoms with van der Waals surface area (Å²) < 4.78 is 35.7. The van der Waals surface area contributed by atoms with E-state index in [9.17, 15) is 33.8 Å². The van der Waals surface area contributed by atoms with Gasteiger partial charge in [-0.1, -0.05) is 0 Å². The summed E-state index contributed by atoms with van der Waals surface area (Å²) in [6.07, 6.45) is -5.45. The van der Waals surface area contributed by atoms with Crippen molar-refractivity contribution in [3.05, 3.63) is 27.0 Å². The van der Waals surface area contributed by atoms with Gasteiger partial charge in [0.15, 0.2) is 6.23 Å². The van der Waals surface area contributed by atoms with Crippen molar-refractivity contribution in [2.24, 2.45) is 0 Å². The van der Waals surface area contributed by atoms with Crippen LogP contribution < -0.4 is 11.2 Å². The van der Waals surface area contributed by atoms with Crippen LogP contribution in [0.15, 0.2) is 20.7 Å². The van der Waals surface area contributed by atoms with Crippen LogP contribution in [0.4, 0.5) is 0 Å². The quantitative estimate of drug-likeness (QED) is 0.184. The third kappa shape index (κ3) is 5.12. The topological polar surface area (TPSA) is 218 Å². The second kappa shape index (κ2) is 7.66. The molecule has 0 aromatic carbocycles. The highest BCUT2D eigenvalue weighted by Gasteiger charge is 2.45. The summed E-state index contributed by atoms with van der Waals surface area (Å²) in [4.78, 5) is 50.9. The van der Waals surface area contributed by atoms with Gasteiger partial charge in [0.2, 0.25) is 0 Å². The molecule has 5 atom stereocenters. The van der Waals surface area contributed by atoms with E-state index in [1.807, 2.05) is 4.98 Å². The average Bonchev–Trinajstić information content (AvgIpc) is 2.75. The largest absolute Gasteiger partial charge is 0.481 e. The monoisotopic (exact) mass is 436 g/mol. The highest BCUT2D eigenvalue weighted by atomic mass is 32.1. The molecular formula is C9H14N2O12P2S. The van der Waals surface area contributed by atoms with Crippen molar-refractivity contribution in [1.82, 2.24) is 9.55 Å². The molecule has 1 saturated heterocycles. The molecule has 148 valence electrons. The molecule has 0 aliphatic carbocycles. The molecule has 0 saturated carbocycles. The van der Waals surface area contributed by atoms with E-state index >= 15 is 0 Å². The lowest BCUT2D eigenvalue weighted by atomic mass is 10.1. The smallest absolute Gasteiger partial charge is 0.387 e. The zero-order chi connectivity index (χ0) is 19.9. The van der Waals surface area contributed by atoms with Gasteiger partial charge in [-0.2, -0.15) is 4.31 Å². The SMILES string of the molecule is O=c1[nH]c(=O)n([C@@H]2O[C@H](COP(=O)(O)OP(=O)(O)O)[C@@H](O)[C@H]2O)cc1S. The molecule has 0 amide bonds. The van der Waals surface area contributed by atoms with Crippen molar-refractivity contribution in [1.29, 1.82) is 0 Å². The highest BCUT2D eigenvalue weighted by Crippen LogP contribution is 2.57. The predicted octanol–water partition coefficient (Wildman–Crippen LogP) is -2.33.